The van der Waals surface area contributed by atoms with Crippen LogP contribution >= 0.6 is 0 Å². The second-order valence-electron chi connectivity index (χ2n) is 7.72. The van der Waals surface area contributed by atoms with Gasteiger partial charge in [0, 0.05) is 17.8 Å². The minimum atomic E-state index is -0.287. The molecule has 1 heterocycles. The molecule has 29 heavy (non-hydrogen) atoms. The van der Waals surface area contributed by atoms with Gasteiger partial charge in [-0.05, 0) is 35.2 Å². The molecule has 1 amide bonds. The lowest BCUT2D eigenvalue weighted by Crippen LogP contribution is -2.24. The molecule has 3 rings (SSSR count). The zero-order chi connectivity index (χ0) is 20.9. The number of nitrogens with zero attached hydrogens (tertiary/aromatic N) is 2. The molecule has 0 fully saturated rings. The second-order valence-corrected chi connectivity index (χ2v) is 7.72. The van der Waals surface area contributed by atoms with E-state index in [-0.39, 0.29) is 17.0 Å². The maximum atomic E-state index is 12.4. The highest BCUT2D eigenvalue weighted by Gasteiger charge is 2.18. The standard InChI is InChI=1S/C23H26N4O2/c1-23(2,3)17-10-6-7-11-18(17)25-21-14-13-19(26-27-21)22(28)24-15-16-9-5-8-12-20(16)29-4/h5-14H,15H2,1-4H3,(H,24,28)(H,25,27). The van der Waals surface area contributed by atoms with Crippen molar-refractivity contribution in [2.45, 2.75) is 32.7 Å². The van der Waals surface area contributed by atoms with Crippen LogP contribution in [0, 0.1) is 0 Å². The molecule has 0 aliphatic rings. The van der Waals surface area contributed by atoms with Crippen molar-refractivity contribution in [3.8, 4) is 5.75 Å². The summed E-state index contributed by atoms with van der Waals surface area (Å²) >= 11 is 0. The molecule has 0 saturated carbocycles. The van der Waals surface area contributed by atoms with Gasteiger partial charge in [-0.2, -0.15) is 0 Å². The Bertz CT molecular complexity index is 979. The number of amides is 1. The lowest BCUT2D eigenvalue weighted by atomic mass is 9.86. The van der Waals surface area contributed by atoms with Gasteiger partial charge in [-0.1, -0.05) is 57.2 Å². The van der Waals surface area contributed by atoms with Crippen molar-refractivity contribution in [3.63, 3.8) is 0 Å². The minimum Gasteiger partial charge on any atom is -0.496 e. The normalized spacial score (nSPS) is 11.0. The number of aromatic nitrogens is 2. The van der Waals surface area contributed by atoms with E-state index in [0.717, 1.165) is 17.0 Å². The first-order valence-electron chi connectivity index (χ1n) is 9.49. The zero-order valence-corrected chi connectivity index (χ0v) is 17.2. The number of para-hydroxylation sites is 2. The van der Waals surface area contributed by atoms with Crippen LogP contribution in [-0.2, 0) is 12.0 Å². The molecule has 6 nitrogen and oxygen atoms in total. The van der Waals surface area contributed by atoms with E-state index < -0.39 is 0 Å². The van der Waals surface area contributed by atoms with Gasteiger partial charge in [0.05, 0.1) is 7.11 Å². The maximum absolute atomic E-state index is 12.4. The average Bonchev–Trinajstić information content (AvgIpc) is 2.72. The Kier molecular flexibility index (Phi) is 6.12. The number of carbonyl (C=O) groups excluding carboxylic acids is 1. The monoisotopic (exact) mass is 390 g/mol. The average molecular weight is 390 g/mol. The molecule has 0 unspecified atom stereocenters. The summed E-state index contributed by atoms with van der Waals surface area (Å²) in [6.07, 6.45) is 0. The molecule has 0 bridgehead atoms. The number of anilines is 2. The Morgan fingerprint density at radius 3 is 2.38 bits per heavy atom. The summed E-state index contributed by atoms with van der Waals surface area (Å²) in [4.78, 5) is 12.4. The van der Waals surface area contributed by atoms with Gasteiger partial charge in [-0.25, -0.2) is 0 Å². The van der Waals surface area contributed by atoms with Crippen LogP contribution in [0.15, 0.2) is 60.7 Å². The fourth-order valence-electron chi connectivity index (χ4n) is 3.02. The highest BCUT2D eigenvalue weighted by atomic mass is 16.5. The second kappa shape index (κ2) is 8.73. The van der Waals surface area contributed by atoms with Crippen molar-refractivity contribution in [1.29, 1.82) is 0 Å². The van der Waals surface area contributed by atoms with Crippen LogP contribution in [0.5, 0.6) is 5.75 Å². The summed E-state index contributed by atoms with van der Waals surface area (Å²) in [7, 11) is 1.61. The van der Waals surface area contributed by atoms with Crippen molar-refractivity contribution in [3.05, 3.63) is 77.5 Å². The SMILES string of the molecule is COc1ccccc1CNC(=O)c1ccc(Nc2ccccc2C(C)(C)C)nn1. The Morgan fingerprint density at radius 1 is 0.966 bits per heavy atom. The molecule has 0 aliphatic carbocycles. The van der Waals surface area contributed by atoms with Gasteiger partial charge >= 0.3 is 0 Å². The Labute approximate surface area is 171 Å². The van der Waals surface area contributed by atoms with E-state index in [1.54, 1.807) is 19.2 Å². The van der Waals surface area contributed by atoms with Crippen molar-refractivity contribution in [1.82, 2.24) is 15.5 Å². The van der Waals surface area contributed by atoms with Gasteiger partial charge in [0.2, 0.25) is 0 Å². The number of methoxy groups -OCH3 is 1. The summed E-state index contributed by atoms with van der Waals surface area (Å²) in [5.74, 6) is 1.03. The molecule has 1 aromatic heterocycles. The number of hydrogen-bond acceptors (Lipinski definition) is 5. The molecule has 0 radical (unpaired) electrons. The Hall–Kier alpha value is -3.41. The smallest absolute Gasteiger partial charge is 0.272 e. The third-order valence-corrected chi connectivity index (χ3v) is 4.53. The van der Waals surface area contributed by atoms with Crippen molar-refractivity contribution in [2.75, 3.05) is 12.4 Å². The van der Waals surface area contributed by atoms with Crippen molar-refractivity contribution >= 4 is 17.4 Å². The summed E-state index contributed by atoms with van der Waals surface area (Å²) in [5.41, 5.74) is 3.31. The molecule has 0 aliphatic heterocycles. The number of ether oxygens (including phenoxy) is 1. The van der Waals surface area contributed by atoms with E-state index in [0.29, 0.717) is 12.4 Å². The third kappa shape index (κ3) is 5.10. The zero-order valence-electron chi connectivity index (χ0n) is 17.2. The molecule has 6 heteroatoms. The van der Waals surface area contributed by atoms with Gasteiger partial charge in [0.1, 0.15) is 5.75 Å². The van der Waals surface area contributed by atoms with Crippen molar-refractivity contribution < 1.29 is 9.53 Å². The molecule has 2 aromatic carbocycles. The van der Waals surface area contributed by atoms with Gasteiger partial charge < -0.3 is 15.4 Å². The molecule has 2 N–H and O–H groups in total. The van der Waals surface area contributed by atoms with Crippen LogP contribution in [0.4, 0.5) is 11.5 Å². The Balaban J connectivity index is 1.67. The van der Waals surface area contributed by atoms with Crippen LogP contribution in [-0.4, -0.2) is 23.2 Å². The van der Waals surface area contributed by atoms with Crippen LogP contribution < -0.4 is 15.4 Å². The fourth-order valence-corrected chi connectivity index (χ4v) is 3.02. The van der Waals surface area contributed by atoms with E-state index in [2.05, 4.69) is 47.7 Å². The molecule has 0 atom stereocenters. The molecular formula is C23H26N4O2. The Morgan fingerprint density at radius 2 is 1.69 bits per heavy atom. The molecule has 3 aromatic rings. The van der Waals surface area contributed by atoms with E-state index in [4.69, 9.17) is 4.74 Å². The molecule has 150 valence electrons. The van der Waals surface area contributed by atoms with Gasteiger partial charge in [-0.3, -0.25) is 4.79 Å². The highest BCUT2D eigenvalue weighted by molar-refractivity contribution is 5.92. The van der Waals surface area contributed by atoms with Crippen molar-refractivity contribution in [2.24, 2.45) is 0 Å². The molecule has 0 spiro atoms. The third-order valence-electron chi connectivity index (χ3n) is 4.53. The number of nitrogens with one attached hydrogen (secondary N) is 2. The van der Waals surface area contributed by atoms with Gasteiger partial charge in [0.25, 0.3) is 5.91 Å². The summed E-state index contributed by atoms with van der Waals surface area (Å²) in [6.45, 7) is 6.83. The predicted molar refractivity (Wildman–Crippen MR) is 115 cm³/mol. The van der Waals surface area contributed by atoms with E-state index in [1.807, 2.05) is 42.5 Å². The maximum Gasteiger partial charge on any atom is 0.272 e. The van der Waals surface area contributed by atoms with Gasteiger partial charge in [0.15, 0.2) is 11.5 Å². The van der Waals surface area contributed by atoms with Crippen LogP contribution in [0.25, 0.3) is 0 Å². The highest BCUT2D eigenvalue weighted by Crippen LogP contribution is 2.30. The number of benzene rings is 2. The van der Waals surface area contributed by atoms with E-state index in [9.17, 15) is 4.79 Å². The minimum absolute atomic E-state index is 0.00462. The largest absolute Gasteiger partial charge is 0.496 e. The number of hydrogen-bond donors (Lipinski definition) is 2. The van der Waals surface area contributed by atoms with Crippen LogP contribution in [0.3, 0.4) is 0 Å². The molecular weight excluding hydrogens is 364 g/mol. The topological polar surface area (TPSA) is 76.1 Å². The fraction of sp³-hybridized carbons (Fsp3) is 0.261. The quantitative estimate of drug-likeness (QED) is 0.650. The van der Waals surface area contributed by atoms with Crippen LogP contribution in [0.1, 0.15) is 42.4 Å². The van der Waals surface area contributed by atoms with E-state index in [1.165, 1.54) is 5.56 Å². The first kappa shape index (κ1) is 20.3. The van der Waals surface area contributed by atoms with E-state index >= 15 is 0 Å². The summed E-state index contributed by atoms with van der Waals surface area (Å²) in [5, 5.41) is 14.4. The summed E-state index contributed by atoms with van der Waals surface area (Å²) in [6, 6.07) is 19.1. The predicted octanol–water partition coefficient (Wildman–Crippen LogP) is 4.46. The summed E-state index contributed by atoms with van der Waals surface area (Å²) < 4.78 is 5.30. The van der Waals surface area contributed by atoms with Gasteiger partial charge in [-0.15, -0.1) is 10.2 Å². The molecule has 0 saturated heterocycles. The number of rotatable bonds is 6. The lowest BCUT2D eigenvalue weighted by molar-refractivity contribution is 0.0944. The lowest BCUT2D eigenvalue weighted by Gasteiger charge is -2.23. The number of carbonyl (C=O) groups is 1. The first-order valence-corrected chi connectivity index (χ1v) is 9.49. The first-order chi connectivity index (χ1) is 13.9. The van der Waals surface area contributed by atoms with Crippen LogP contribution in [0.2, 0.25) is 0 Å².